The van der Waals surface area contributed by atoms with E-state index in [9.17, 15) is 5.11 Å². The summed E-state index contributed by atoms with van der Waals surface area (Å²) < 4.78 is 5.41. The summed E-state index contributed by atoms with van der Waals surface area (Å²) in [4.78, 5) is 4.48. The van der Waals surface area contributed by atoms with E-state index in [-0.39, 0.29) is 11.5 Å². The summed E-state index contributed by atoms with van der Waals surface area (Å²) in [6, 6.07) is 0. The number of rotatable bonds is 5. The molecule has 0 aromatic carbocycles. The van der Waals surface area contributed by atoms with Crippen LogP contribution in [-0.4, -0.2) is 23.3 Å². The van der Waals surface area contributed by atoms with Gasteiger partial charge < -0.3 is 9.84 Å². The van der Waals surface area contributed by atoms with E-state index in [4.69, 9.17) is 4.74 Å². The molecule has 0 amide bonds. The lowest BCUT2D eigenvalue weighted by Crippen LogP contribution is -2.25. The normalized spacial score (nSPS) is 13.4. The van der Waals surface area contributed by atoms with E-state index >= 15 is 0 Å². The van der Waals surface area contributed by atoms with E-state index in [0.29, 0.717) is 0 Å². The fourth-order valence-corrected chi connectivity index (χ4v) is 2.22. The topological polar surface area (TPSA) is 42.4 Å². The van der Waals surface area contributed by atoms with Gasteiger partial charge in [0.05, 0.1) is 13.2 Å². The molecule has 1 aromatic rings. The summed E-state index contributed by atoms with van der Waals surface area (Å²) in [7, 11) is 1.70. The average molecular weight is 265 g/mol. The van der Waals surface area contributed by atoms with Gasteiger partial charge in [-0.2, -0.15) is 0 Å². The largest absolute Gasteiger partial charge is 0.496 e. The molecule has 108 valence electrons. The predicted octanol–water partition coefficient (Wildman–Crippen LogP) is 3.44. The number of nitrogens with zero attached hydrogens (tertiary/aromatic N) is 1. The molecule has 3 heteroatoms. The van der Waals surface area contributed by atoms with Gasteiger partial charge in [0.25, 0.3) is 0 Å². The van der Waals surface area contributed by atoms with Crippen LogP contribution in [0.25, 0.3) is 0 Å². The predicted molar refractivity (Wildman–Crippen MR) is 78.7 cm³/mol. The van der Waals surface area contributed by atoms with Crippen LogP contribution in [0.3, 0.4) is 0 Å². The molecule has 1 unspecified atom stereocenters. The van der Waals surface area contributed by atoms with Crippen molar-refractivity contribution in [1.82, 2.24) is 4.98 Å². The van der Waals surface area contributed by atoms with Crippen LogP contribution in [0.15, 0.2) is 6.20 Å². The molecule has 0 aliphatic carbocycles. The summed E-state index contributed by atoms with van der Waals surface area (Å²) in [6.45, 7) is 10.3. The van der Waals surface area contributed by atoms with Crippen LogP contribution in [0, 0.1) is 19.3 Å². The van der Waals surface area contributed by atoms with E-state index in [1.165, 1.54) is 0 Å². The molecular weight excluding hydrogens is 238 g/mol. The second-order valence-corrected chi connectivity index (χ2v) is 6.32. The van der Waals surface area contributed by atoms with E-state index in [2.05, 4.69) is 25.8 Å². The van der Waals surface area contributed by atoms with Gasteiger partial charge in [0.15, 0.2) is 0 Å². The Hall–Kier alpha value is -1.09. The molecule has 0 spiro atoms. The Morgan fingerprint density at radius 1 is 1.32 bits per heavy atom. The van der Waals surface area contributed by atoms with Crippen molar-refractivity contribution in [2.24, 2.45) is 5.41 Å². The van der Waals surface area contributed by atoms with Crippen molar-refractivity contribution in [1.29, 1.82) is 0 Å². The third-order valence-corrected chi connectivity index (χ3v) is 3.64. The lowest BCUT2D eigenvalue weighted by Gasteiger charge is -2.25. The zero-order chi connectivity index (χ0) is 14.6. The summed E-state index contributed by atoms with van der Waals surface area (Å²) >= 11 is 0. The van der Waals surface area contributed by atoms with Crippen molar-refractivity contribution >= 4 is 0 Å². The summed E-state index contributed by atoms with van der Waals surface area (Å²) in [5, 5.41) is 10.0. The van der Waals surface area contributed by atoms with Crippen molar-refractivity contribution in [3.63, 3.8) is 0 Å². The minimum absolute atomic E-state index is 0.0482. The van der Waals surface area contributed by atoms with Crippen LogP contribution in [0.1, 0.15) is 50.4 Å². The van der Waals surface area contributed by atoms with Gasteiger partial charge >= 0.3 is 0 Å². The Labute approximate surface area is 117 Å². The zero-order valence-electron chi connectivity index (χ0n) is 13.1. The highest BCUT2D eigenvalue weighted by Crippen LogP contribution is 2.26. The third-order valence-electron chi connectivity index (χ3n) is 3.64. The fraction of sp³-hybridized carbons (Fsp3) is 0.688. The van der Waals surface area contributed by atoms with Crippen molar-refractivity contribution in [3.05, 3.63) is 23.0 Å². The number of aryl methyl sites for hydroxylation is 2. The number of methoxy groups -OCH3 is 1. The van der Waals surface area contributed by atoms with Crippen LogP contribution < -0.4 is 4.74 Å². The number of pyridine rings is 1. The number of ether oxygens (including phenoxy) is 1. The molecule has 0 saturated carbocycles. The van der Waals surface area contributed by atoms with Crippen LogP contribution in [-0.2, 0) is 6.42 Å². The molecule has 0 radical (unpaired) electrons. The maximum atomic E-state index is 10.0. The highest BCUT2D eigenvalue weighted by atomic mass is 16.5. The maximum absolute atomic E-state index is 10.0. The van der Waals surface area contributed by atoms with Gasteiger partial charge in [-0.25, -0.2) is 0 Å². The zero-order valence-corrected chi connectivity index (χ0v) is 13.1. The Bertz CT molecular complexity index is 421. The van der Waals surface area contributed by atoms with Crippen molar-refractivity contribution in [3.8, 4) is 5.75 Å². The van der Waals surface area contributed by atoms with E-state index < -0.39 is 0 Å². The SMILES string of the molecule is COc1c(C)cnc(CCCC(O)C(C)(C)C)c1C. The molecule has 0 fully saturated rings. The van der Waals surface area contributed by atoms with Crippen LogP contribution in [0.5, 0.6) is 5.75 Å². The van der Waals surface area contributed by atoms with Crippen LogP contribution in [0.4, 0.5) is 0 Å². The number of hydrogen-bond donors (Lipinski definition) is 1. The molecule has 0 saturated heterocycles. The summed E-state index contributed by atoms with van der Waals surface area (Å²) in [5.74, 6) is 0.932. The third kappa shape index (κ3) is 4.20. The van der Waals surface area contributed by atoms with Gasteiger partial charge in [0, 0.05) is 23.0 Å². The first-order valence-electron chi connectivity index (χ1n) is 6.94. The van der Waals surface area contributed by atoms with Crippen molar-refractivity contribution in [2.45, 2.75) is 60.0 Å². The molecule has 0 aliphatic rings. The average Bonchev–Trinajstić information content (AvgIpc) is 2.31. The number of aromatic nitrogens is 1. The van der Waals surface area contributed by atoms with Gasteiger partial charge in [0.1, 0.15) is 5.75 Å². The van der Waals surface area contributed by atoms with Crippen LogP contribution >= 0.6 is 0 Å². The molecule has 1 N–H and O–H groups in total. The first-order valence-corrected chi connectivity index (χ1v) is 6.94. The van der Waals surface area contributed by atoms with Gasteiger partial charge in [-0.15, -0.1) is 0 Å². The van der Waals surface area contributed by atoms with E-state index in [1.54, 1.807) is 7.11 Å². The standard InChI is InChI=1S/C16H27NO2/c1-11-10-17-13(12(2)15(11)19-6)8-7-9-14(18)16(3,4)5/h10,14,18H,7-9H2,1-6H3. The van der Waals surface area contributed by atoms with Gasteiger partial charge in [-0.1, -0.05) is 20.8 Å². The number of aliphatic hydroxyl groups excluding tert-OH is 1. The molecule has 0 bridgehead atoms. The highest BCUT2D eigenvalue weighted by Gasteiger charge is 2.21. The summed E-state index contributed by atoms with van der Waals surface area (Å²) in [5.41, 5.74) is 3.21. The molecule has 0 aliphatic heterocycles. The monoisotopic (exact) mass is 265 g/mol. The second kappa shape index (κ2) is 6.38. The second-order valence-electron chi connectivity index (χ2n) is 6.32. The number of aliphatic hydroxyl groups is 1. The lowest BCUT2D eigenvalue weighted by atomic mass is 9.86. The Morgan fingerprint density at radius 3 is 2.47 bits per heavy atom. The van der Waals surface area contributed by atoms with Gasteiger partial charge in [-0.05, 0) is 38.5 Å². The molecule has 19 heavy (non-hydrogen) atoms. The quantitative estimate of drug-likeness (QED) is 0.887. The molecular formula is C16H27NO2. The molecule has 1 aromatic heterocycles. The van der Waals surface area contributed by atoms with Crippen molar-refractivity contribution in [2.75, 3.05) is 7.11 Å². The van der Waals surface area contributed by atoms with Crippen molar-refractivity contribution < 1.29 is 9.84 Å². The molecule has 3 nitrogen and oxygen atoms in total. The molecule has 1 rings (SSSR count). The molecule has 1 atom stereocenters. The fourth-order valence-electron chi connectivity index (χ4n) is 2.22. The minimum Gasteiger partial charge on any atom is -0.496 e. The summed E-state index contributed by atoms with van der Waals surface area (Å²) in [6.07, 6.45) is 4.23. The van der Waals surface area contributed by atoms with E-state index in [0.717, 1.165) is 41.8 Å². The Morgan fingerprint density at radius 2 is 1.95 bits per heavy atom. The highest BCUT2D eigenvalue weighted by molar-refractivity contribution is 5.41. The maximum Gasteiger partial charge on any atom is 0.128 e. The Kier molecular flexibility index (Phi) is 5.36. The first kappa shape index (κ1) is 16.0. The lowest BCUT2D eigenvalue weighted by molar-refractivity contribution is 0.0540. The van der Waals surface area contributed by atoms with Gasteiger partial charge in [-0.3, -0.25) is 4.98 Å². The minimum atomic E-state index is -0.264. The van der Waals surface area contributed by atoms with E-state index in [1.807, 2.05) is 20.0 Å². The molecule has 1 heterocycles. The number of hydrogen-bond acceptors (Lipinski definition) is 3. The Balaban J connectivity index is 2.64. The van der Waals surface area contributed by atoms with Crippen LogP contribution in [0.2, 0.25) is 0 Å². The first-order chi connectivity index (χ1) is 8.77. The smallest absolute Gasteiger partial charge is 0.128 e. The van der Waals surface area contributed by atoms with Gasteiger partial charge in [0.2, 0.25) is 0 Å².